The normalized spacial score (nSPS) is 12.1. The third-order valence-corrected chi connectivity index (χ3v) is 7.71. The highest BCUT2D eigenvalue weighted by molar-refractivity contribution is 7.17. The lowest BCUT2D eigenvalue weighted by atomic mass is 9.97. The van der Waals surface area contributed by atoms with E-state index in [2.05, 4.69) is 80.1 Å². The number of nitrogens with zero attached hydrogens (tertiary/aromatic N) is 4. The van der Waals surface area contributed by atoms with Crippen molar-refractivity contribution in [3.8, 4) is 34.6 Å². The Kier molecular flexibility index (Phi) is 8.62. The lowest BCUT2D eigenvalue weighted by Crippen LogP contribution is -2.21. The van der Waals surface area contributed by atoms with Crippen molar-refractivity contribution < 1.29 is 14.6 Å². The summed E-state index contributed by atoms with van der Waals surface area (Å²) < 4.78 is 13.1. The summed E-state index contributed by atoms with van der Waals surface area (Å²) in [6.45, 7) is 8.37. The Balaban J connectivity index is 1.26. The second-order valence-electron chi connectivity index (χ2n) is 10.6. The van der Waals surface area contributed by atoms with Crippen molar-refractivity contribution in [2.24, 2.45) is 0 Å². The second-order valence-corrected chi connectivity index (χ2v) is 11.5. The van der Waals surface area contributed by atoms with Gasteiger partial charge in [0.05, 0.1) is 18.1 Å². The van der Waals surface area contributed by atoms with E-state index < -0.39 is 5.60 Å². The van der Waals surface area contributed by atoms with Gasteiger partial charge in [-0.1, -0.05) is 29.3 Å². The Labute approximate surface area is 243 Å². The van der Waals surface area contributed by atoms with E-state index in [0.29, 0.717) is 37.8 Å². The summed E-state index contributed by atoms with van der Waals surface area (Å²) in [7, 11) is 0. The minimum atomic E-state index is -0.741. The predicted molar refractivity (Wildman–Crippen MR) is 161 cm³/mol. The zero-order valence-electron chi connectivity index (χ0n) is 23.6. The molecule has 0 saturated carbocycles. The smallest absolute Gasteiger partial charge is 0.213 e. The molecule has 8 nitrogen and oxygen atoms in total. The molecule has 0 unspecified atom stereocenters. The number of rotatable bonds is 11. The number of aryl methyl sites for hydroxylation is 1. The van der Waals surface area contributed by atoms with E-state index >= 15 is 0 Å². The topological polar surface area (TPSA) is 106 Å². The van der Waals surface area contributed by atoms with Crippen LogP contribution >= 0.6 is 11.3 Å². The average Bonchev–Trinajstić information content (AvgIpc) is 3.61. The van der Waals surface area contributed by atoms with Crippen LogP contribution in [0.5, 0.6) is 11.6 Å². The van der Waals surface area contributed by atoms with E-state index in [1.165, 1.54) is 21.2 Å². The molecule has 5 rings (SSSR count). The summed E-state index contributed by atoms with van der Waals surface area (Å²) in [6.07, 6.45) is 2.92. The molecule has 0 aliphatic rings. The van der Waals surface area contributed by atoms with Crippen molar-refractivity contribution in [2.75, 3.05) is 6.61 Å². The molecule has 0 fully saturated rings. The van der Waals surface area contributed by atoms with Gasteiger partial charge in [0.15, 0.2) is 5.82 Å². The van der Waals surface area contributed by atoms with Crippen LogP contribution in [0.2, 0.25) is 0 Å². The van der Waals surface area contributed by atoms with Crippen molar-refractivity contribution in [1.29, 1.82) is 0 Å². The van der Waals surface area contributed by atoms with Crippen LogP contribution in [0.3, 0.4) is 0 Å². The highest BCUT2D eigenvalue weighted by atomic mass is 32.1. The number of H-pyrrole nitrogens is 1. The molecular weight excluding hydrogens is 534 g/mol. The van der Waals surface area contributed by atoms with E-state index in [1.807, 2.05) is 25.1 Å². The van der Waals surface area contributed by atoms with E-state index in [1.54, 1.807) is 31.4 Å². The van der Waals surface area contributed by atoms with Crippen LogP contribution in [-0.4, -0.2) is 42.9 Å². The van der Waals surface area contributed by atoms with Gasteiger partial charge < -0.3 is 14.6 Å². The van der Waals surface area contributed by atoms with E-state index in [0.717, 1.165) is 22.4 Å². The molecule has 0 bridgehead atoms. The summed E-state index contributed by atoms with van der Waals surface area (Å²) >= 11 is 1.73. The van der Waals surface area contributed by atoms with Crippen LogP contribution in [0.1, 0.15) is 55.6 Å². The van der Waals surface area contributed by atoms with Gasteiger partial charge in [-0.2, -0.15) is 5.21 Å². The number of ether oxygens (including phenoxy) is 2. The maximum Gasteiger partial charge on any atom is 0.213 e. The molecule has 0 aliphatic heterocycles. The molecule has 41 heavy (non-hydrogen) atoms. The monoisotopic (exact) mass is 567 g/mol. The molecule has 9 heteroatoms. The number of pyridine rings is 1. The van der Waals surface area contributed by atoms with Crippen molar-refractivity contribution in [3.63, 3.8) is 0 Å². The van der Waals surface area contributed by atoms with Crippen LogP contribution in [0.25, 0.3) is 21.2 Å². The van der Waals surface area contributed by atoms with Gasteiger partial charge in [-0.25, -0.2) is 4.98 Å². The molecule has 2 aromatic carbocycles. The van der Waals surface area contributed by atoms with Crippen LogP contribution in [0, 0.1) is 18.8 Å². The fourth-order valence-electron chi connectivity index (χ4n) is 4.54. The zero-order chi connectivity index (χ0) is 28.8. The van der Waals surface area contributed by atoms with E-state index in [-0.39, 0.29) is 5.92 Å². The molecule has 3 aromatic heterocycles. The van der Waals surface area contributed by atoms with E-state index in [4.69, 9.17) is 9.47 Å². The Morgan fingerprint density at radius 1 is 1.07 bits per heavy atom. The maximum atomic E-state index is 9.93. The third-order valence-electron chi connectivity index (χ3n) is 6.75. The number of hydrogen-bond donors (Lipinski definition) is 2. The number of nitrogens with one attached hydrogen (secondary N) is 1. The van der Waals surface area contributed by atoms with Gasteiger partial charge in [0, 0.05) is 40.8 Å². The quantitative estimate of drug-likeness (QED) is 0.182. The number of thiophene rings is 1. The number of fused-ring (bicyclic) bond motifs is 1. The van der Waals surface area contributed by atoms with Crippen molar-refractivity contribution in [2.45, 2.75) is 58.7 Å². The van der Waals surface area contributed by atoms with Gasteiger partial charge in [0.1, 0.15) is 12.4 Å². The number of tetrazole rings is 1. The van der Waals surface area contributed by atoms with Crippen LogP contribution in [0.15, 0.2) is 60.1 Å². The second kappa shape index (κ2) is 12.5. The minimum Gasteiger partial charge on any atom is -0.493 e. The summed E-state index contributed by atoms with van der Waals surface area (Å²) in [6, 6.07) is 16.5. The highest BCUT2D eigenvalue weighted by Gasteiger charge is 2.15. The number of benzene rings is 2. The molecule has 0 spiro atoms. The number of aliphatic hydroxyl groups is 1. The molecule has 5 aromatic rings. The Morgan fingerprint density at radius 2 is 1.95 bits per heavy atom. The molecular formula is C32H33N5O3S. The first-order valence-corrected chi connectivity index (χ1v) is 14.4. The number of aromatic nitrogens is 5. The minimum absolute atomic E-state index is 0.0738. The van der Waals surface area contributed by atoms with Crippen molar-refractivity contribution >= 4 is 21.4 Å². The molecule has 1 atom stereocenters. The Hall–Kier alpha value is -4.26. The maximum absolute atomic E-state index is 9.93. The van der Waals surface area contributed by atoms with Crippen molar-refractivity contribution in [1.82, 2.24) is 25.6 Å². The molecule has 2 N–H and O–H groups in total. The molecule has 3 heterocycles. The summed E-state index contributed by atoms with van der Waals surface area (Å²) in [5, 5.41) is 27.5. The molecule has 0 radical (unpaired) electrons. The van der Waals surface area contributed by atoms with Gasteiger partial charge in [0.2, 0.25) is 5.88 Å². The van der Waals surface area contributed by atoms with Gasteiger partial charge in [-0.3, -0.25) is 0 Å². The molecule has 0 aliphatic carbocycles. The standard InChI is InChI=1S/C32H33N5O3S/c1-5-6-23(17-30-34-36-37-35-30)24-8-12-31(33-18-24)40-19-22-7-11-29-27(16-22)28(20-41-29)26-10-9-25(15-21(26)2)39-14-13-32(3,4)38/h7-12,15-16,18,20,23,38H,13-14,17,19H2,1-4H3,(H,34,35,36,37)/t23-/m1/s1. The fourth-order valence-corrected chi connectivity index (χ4v) is 5.48. The van der Waals surface area contributed by atoms with E-state index in [9.17, 15) is 5.11 Å². The first-order chi connectivity index (χ1) is 19.8. The Bertz CT molecular complexity index is 1660. The summed E-state index contributed by atoms with van der Waals surface area (Å²) in [5.74, 6) is 8.08. The van der Waals surface area contributed by atoms with Crippen LogP contribution < -0.4 is 9.47 Å². The predicted octanol–water partition coefficient (Wildman–Crippen LogP) is 6.25. The average molecular weight is 568 g/mol. The van der Waals surface area contributed by atoms with Crippen LogP contribution in [-0.2, 0) is 13.0 Å². The fraction of sp³-hybridized carbons (Fsp3) is 0.312. The number of aromatic amines is 1. The van der Waals surface area contributed by atoms with Gasteiger partial charge >= 0.3 is 0 Å². The van der Waals surface area contributed by atoms with Gasteiger partial charge in [-0.05, 0) is 79.6 Å². The molecule has 210 valence electrons. The Morgan fingerprint density at radius 3 is 2.66 bits per heavy atom. The first kappa shape index (κ1) is 28.3. The van der Waals surface area contributed by atoms with Gasteiger partial charge in [0.25, 0.3) is 0 Å². The third kappa shape index (κ3) is 7.28. The highest BCUT2D eigenvalue weighted by Crippen LogP contribution is 2.37. The molecule has 0 amide bonds. The largest absolute Gasteiger partial charge is 0.493 e. The zero-order valence-corrected chi connectivity index (χ0v) is 24.5. The van der Waals surface area contributed by atoms with Crippen LogP contribution in [0.4, 0.5) is 0 Å². The summed E-state index contributed by atoms with van der Waals surface area (Å²) in [5.41, 5.74) is 4.81. The SMILES string of the molecule is CC#C[C@H](Cc1nn[nH]n1)c1ccc(OCc2ccc3scc(-c4ccc(OCCC(C)(C)O)cc4C)c3c2)nc1. The number of hydrogen-bond acceptors (Lipinski definition) is 8. The van der Waals surface area contributed by atoms with Crippen molar-refractivity contribution in [3.05, 3.63) is 82.6 Å². The first-order valence-electron chi connectivity index (χ1n) is 13.5. The summed E-state index contributed by atoms with van der Waals surface area (Å²) in [4.78, 5) is 4.52. The van der Waals surface area contributed by atoms with Gasteiger partial charge in [-0.15, -0.1) is 27.5 Å². The molecule has 0 saturated heterocycles. The lowest BCUT2D eigenvalue weighted by Gasteiger charge is -2.17. The lowest BCUT2D eigenvalue weighted by molar-refractivity contribution is 0.0553.